The molecule has 0 spiro atoms. The molecule has 0 amide bonds. The Bertz CT molecular complexity index is 192. The van der Waals surface area contributed by atoms with Crippen molar-refractivity contribution >= 4 is 0 Å². The van der Waals surface area contributed by atoms with Crippen molar-refractivity contribution in [2.24, 2.45) is 23.7 Å². The first kappa shape index (κ1) is 6.28. The molecule has 60 valence electrons. The summed E-state index contributed by atoms with van der Waals surface area (Å²) in [7, 11) is 0. The van der Waals surface area contributed by atoms with Crippen LogP contribution in [0.15, 0.2) is 12.2 Å². The SMILES string of the molecule is C1=CC2C3CCC2C(CC1)C3. The van der Waals surface area contributed by atoms with Crippen LogP contribution in [0.25, 0.3) is 0 Å². The third-order valence-electron chi connectivity index (χ3n) is 4.18. The van der Waals surface area contributed by atoms with Gasteiger partial charge in [0.15, 0.2) is 0 Å². The molecule has 0 nitrogen and oxygen atoms in total. The normalized spacial score (nSPS) is 53.1. The van der Waals surface area contributed by atoms with Crippen molar-refractivity contribution in [1.29, 1.82) is 0 Å². The largest absolute Gasteiger partial charge is 0.0882 e. The second kappa shape index (κ2) is 2.12. The molecule has 3 aliphatic carbocycles. The van der Waals surface area contributed by atoms with Crippen molar-refractivity contribution in [3.05, 3.63) is 12.2 Å². The highest BCUT2D eigenvalue weighted by atomic mass is 14.5. The molecule has 4 unspecified atom stereocenters. The number of rotatable bonds is 0. The summed E-state index contributed by atoms with van der Waals surface area (Å²) in [4.78, 5) is 0. The highest BCUT2D eigenvalue weighted by Gasteiger charge is 2.46. The predicted octanol–water partition coefficient (Wildman–Crippen LogP) is 3.00. The van der Waals surface area contributed by atoms with Gasteiger partial charge < -0.3 is 0 Å². The van der Waals surface area contributed by atoms with Crippen LogP contribution < -0.4 is 0 Å². The molecule has 11 heavy (non-hydrogen) atoms. The second-order valence-electron chi connectivity index (χ2n) is 4.58. The minimum Gasteiger partial charge on any atom is -0.0882 e. The van der Waals surface area contributed by atoms with E-state index in [0.29, 0.717) is 0 Å². The summed E-state index contributed by atoms with van der Waals surface area (Å²) >= 11 is 0. The summed E-state index contributed by atoms with van der Waals surface area (Å²) in [6, 6.07) is 0. The fourth-order valence-electron chi connectivity index (χ4n) is 3.73. The minimum absolute atomic E-state index is 1.02. The zero-order chi connectivity index (χ0) is 7.26. The lowest BCUT2D eigenvalue weighted by Crippen LogP contribution is -2.09. The molecule has 0 aromatic heterocycles. The highest BCUT2D eigenvalue weighted by molar-refractivity contribution is 5.08. The number of hydrogen-bond donors (Lipinski definition) is 0. The van der Waals surface area contributed by atoms with Gasteiger partial charge in [-0.05, 0) is 55.8 Å². The number of hydrogen-bond acceptors (Lipinski definition) is 0. The Hall–Kier alpha value is -0.260. The molecule has 2 fully saturated rings. The van der Waals surface area contributed by atoms with Crippen LogP contribution in [0.4, 0.5) is 0 Å². The van der Waals surface area contributed by atoms with Crippen molar-refractivity contribution < 1.29 is 0 Å². The first-order chi connectivity index (χ1) is 5.45. The lowest BCUT2D eigenvalue weighted by atomic mass is 9.86. The van der Waals surface area contributed by atoms with Gasteiger partial charge in [0.25, 0.3) is 0 Å². The standard InChI is InChI=1S/C11H16/c1-2-4-10-9-5-6-11(10)8(3-1)7-9/h2,4,8-11H,1,3,5-7H2. The molecule has 0 radical (unpaired) electrons. The van der Waals surface area contributed by atoms with Gasteiger partial charge in [0.2, 0.25) is 0 Å². The third kappa shape index (κ3) is 0.758. The molecule has 0 N–H and O–H groups in total. The quantitative estimate of drug-likeness (QED) is 0.463. The predicted molar refractivity (Wildman–Crippen MR) is 46.2 cm³/mol. The van der Waals surface area contributed by atoms with Gasteiger partial charge in [-0.1, -0.05) is 12.2 Å². The first-order valence-electron chi connectivity index (χ1n) is 5.12. The van der Waals surface area contributed by atoms with Gasteiger partial charge in [-0.25, -0.2) is 0 Å². The van der Waals surface area contributed by atoms with E-state index < -0.39 is 0 Å². The van der Waals surface area contributed by atoms with Gasteiger partial charge in [0.1, 0.15) is 0 Å². The molecule has 3 rings (SSSR count). The first-order valence-corrected chi connectivity index (χ1v) is 5.12. The van der Waals surface area contributed by atoms with E-state index >= 15 is 0 Å². The third-order valence-corrected chi connectivity index (χ3v) is 4.18. The van der Waals surface area contributed by atoms with Gasteiger partial charge in [-0.15, -0.1) is 0 Å². The van der Waals surface area contributed by atoms with Crippen LogP contribution in [0.3, 0.4) is 0 Å². The van der Waals surface area contributed by atoms with E-state index in [4.69, 9.17) is 0 Å². The fourth-order valence-corrected chi connectivity index (χ4v) is 3.73. The molecule has 0 aliphatic heterocycles. The van der Waals surface area contributed by atoms with E-state index in [0.717, 1.165) is 23.7 Å². The van der Waals surface area contributed by atoms with Crippen LogP contribution in [-0.4, -0.2) is 0 Å². The van der Waals surface area contributed by atoms with Crippen molar-refractivity contribution in [2.45, 2.75) is 32.1 Å². The molecule has 0 heteroatoms. The van der Waals surface area contributed by atoms with E-state index in [1.165, 1.54) is 19.3 Å². The second-order valence-corrected chi connectivity index (χ2v) is 4.58. The van der Waals surface area contributed by atoms with Crippen LogP contribution in [0.5, 0.6) is 0 Å². The Morgan fingerprint density at radius 1 is 1.00 bits per heavy atom. The average molecular weight is 148 g/mol. The summed E-state index contributed by atoms with van der Waals surface area (Å²) in [5, 5.41) is 0. The maximum Gasteiger partial charge on any atom is -0.0174 e. The smallest absolute Gasteiger partial charge is 0.0174 e. The van der Waals surface area contributed by atoms with Crippen molar-refractivity contribution in [3.63, 3.8) is 0 Å². The molecule has 4 bridgehead atoms. The topological polar surface area (TPSA) is 0 Å². The van der Waals surface area contributed by atoms with E-state index in [2.05, 4.69) is 12.2 Å². The molecular weight excluding hydrogens is 132 g/mol. The molecule has 0 saturated heterocycles. The van der Waals surface area contributed by atoms with Crippen molar-refractivity contribution in [3.8, 4) is 0 Å². The Morgan fingerprint density at radius 3 is 3.00 bits per heavy atom. The highest BCUT2D eigenvalue weighted by Crippen LogP contribution is 2.55. The summed E-state index contributed by atoms with van der Waals surface area (Å²) in [6.07, 6.45) is 12.5. The lowest BCUT2D eigenvalue weighted by Gasteiger charge is -2.19. The average Bonchev–Trinajstić information content (AvgIpc) is 2.42. The zero-order valence-corrected chi connectivity index (χ0v) is 7.00. The van der Waals surface area contributed by atoms with E-state index in [1.54, 1.807) is 12.8 Å². The molecule has 3 aliphatic rings. The Labute approximate surface area is 68.7 Å². The maximum atomic E-state index is 2.54. The summed E-state index contributed by atoms with van der Waals surface area (Å²) in [5.41, 5.74) is 0. The van der Waals surface area contributed by atoms with Crippen LogP contribution in [0.2, 0.25) is 0 Å². The summed E-state index contributed by atoms with van der Waals surface area (Å²) in [6.45, 7) is 0. The summed E-state index contributed by atoms with van der Waals surface area (Å²) in [5.74, 6) is 4.34. The fraction of sp³-hybridized carbons (Fsp3) is 0.818. The van der Waals surface area contributed by atoms with Crippen LogP contribution in [-0.2, 0) is 0 Å². The van der Waals surface area contributed by atoms with Gasteiger partial charge in [0.05, 0.1) is 0 Å². The maximum absolute atomic E-state index is 2.54. The van der Waals surface area contributed by atoms with Gasteiger partial charge >= 0.3 is 0 Å². The van der Waals surface area contributed by atoms with Gasteiger partial charge in [0, 0.05) is 0 Å². The Kier molecular flexibility index (Phi) is 1.21. The van der Waals surface area contributed by atoms with Crippen molar-refractivity contribution in [2.75, 3.05) is 0 Å². The Balaban J connectivity index is 1.97. The molecular formula is C11H16. The van der Waals surface area contributed by atoms with E-state index in [9.17, 15) is 0 Å². The van der Waals surface area contributed by atoms with Gasteiger partial charge in [-0.3, -0.25) is 0 Å². The molecule has 0 heterocycles. The molecule has 0 aromatic carbocycles. The zero-order valence-electron chi connectivity index (χ0n) is 7.00. The minimum atomic E-state index is 1.02. The number of allylic oxidation sites excluding steroid dienone is 2. The van der Waals surface area contributed by atoms with Crippen LogP contribution >= 0.6 is 0 Å². The van der Waals surface area contributed by atoms with Crippen molar-refractivity contribution in [1.82, 2.24) is 0 Å². The van der Waals surface area contributed by atoms with Crippen LogP contribution in [0.1, 0.15) is 32.1 Å². The van der Waals surface area contributed by atoms with E-state index in [-0.39, 0.29) is 0 Å². The monoisotopic (exact) mass is 148 g/mol. The molecule has 2 saturated carbocycles. The Morgan fingerprint density at radius 2 is 2.00 bits per heavy atom. The summed E-state index contributed by atoms with van der Waals surface area (Å²) < 4.78 is 0. The molecule has 0 aromatic rings. The van der Waals surface area contributed by atoms with Crippen LogP contribution in [0, 0.1) is 23.7 Å². The lowest BCUT2D eigenvalue weighted by molar-refractivity contribution is 0.314. The van der Waals surface area contributed by atoms with Gasteiger partial charge in [-0.2, -0.15) is 0 Å². The van der Waals surface area contributed by atoms with E-state index in [1.807, 2.05) is 0 Å². The molecule has 4 atom stereocenters.